The van der Waals surface area contributed by atoms with Crippen LogP contribution in [0.25, 0.3) is 0 Å². The Morgan fingerprint density at radius 3 is 2.70 bits per heavy atom. The van der Waals surface area contributed by atoms with E-state index in [2.05, 4.69) is 17.8 Å². The molecular weight excluding hydrogens is 126 g/mol. The Labute approximate surface area is 62.4 Å². The van der Waals surface area contributed by atoms with Crippen LogP contribution >= 0.6 is 0 Å². The topological polar surface area (TPSA) is 47.8 Å². The molecule has 3 heteroatoms. The highest BCUT2D eigenvalue weighted by Crippen LogP contribution is 1.96. The van der Waals surface area contributed by atoms with Gasteiger partial charge < -0.3 is 0 Å². The Morgan fingerprint density at radius 2 is 2.10 bits per heavy atom. The number of nitrogens with one attached hydrogen (secondary N) is 2. The van der Waals surface area contributed by atoms with Crippen molar-refractivity contribution in [3.05, 3.63) is 0 Å². The zero-order valence-corrected chi connectivity index (χ0v) is 6.48. The average molecular weight is 141 g/mol. The van der Waals surface area contributed by atoms with Gasteiger partial charge in [-0.1, -0.05) is 26.2 Å². The van der Waals surface area contributed by atoms with E-state index in [-0.39, 0.29) is 0 Å². The van der Waals surface area contributed by atoms with Crippen LogP contribution in [0.2, 0.25) is 0 Å². The number of unbranched alkanes of at least 4 members (excludes halogenated alkanes) is 3. The molecular formula is C7H15N3. The van der Waals surface area contributed by atoms with Crippen LogP contribution in [0, 0.1) is 11.5 Å². The fraction of sp³-hybridized carbons (Fsp3) is 0.857. The molecule has 0 spiro atoms. The van der Waals surface area contributed by atoms with E-state index in [1.54, 1.807) is 6.19 Å². The summed E-state index contributed by atoms with van der Waals surface area (Å²) in [4.78, 5) is 0. The van der Waals surface area contributed by atoms with Crippen molar-refractivity contribution in [3.8, 4) is 6.19 Å². The van der Waals surface area contributed by atoms with E-state index in [1.807, 2.05) is 0 Å². The Morgan fingerprint density at radius 1 is 1.30 bits per heavy atom. The molecule has 0 bridgehead atoms. The molecule has 0 amide bonds. The van der Waals surface area contributed by atoms with Crippen molar-refractivity contribution in [2.75, 3.05) is 6.54 Å². The predicted molar refractivity (Wildman–Crippen MR) is 40.9 cm³/mol. The summed E-state index contributed by atoms with van der Waals surface area (Å²) < 4.78 is 0. The van der Waals surface area contributed by atoms with Crippen LogP contribution in [0.3, 0.4) is 0 Å². The summed E-state index contributed by atoms with van der Waals surface area (Å²) in [6.45, 7) is 3.06. The lowest BCUT2D eigenvalue weighted by molar-refractivity contribution is 0.570. The summed E-state index contributed by atoms with van der Waals surface area (Å²) in [5, 5.41) is 8.05. The molecule has 58 valence electrons. The molecule has 0 atom stereocenters. The zero-order chi connectivity index (χ0) is 7.66. The van der Waals surface area contributed by atoms with Gasteiger partial charge in [0.2, 0.25) is 0 Å². The summed E-state index contributed by atoms with van der Waals surface area (Å²) in [7, 11) is 0. The normalized spacial score (nSPS) is 8.80. The fourth-order valence-electron chi connectivity index (χ4n) is 0.742. The lowest BCUT2D eigenvalue weighted by atomic mass is 10.2. The Kier molecular flexibility index (Phi) is 7.63. The second-order valence-electron chi connectivity index (χ2n) is 2.22. The Bertz CT molecular complexity index is 95.5. The van der Waals surface area contributed by atoms with E-state index < -0.39 is 0 Å². The van der Waals surface area contributed by atoms with Gasteiger partial charge in [-0.2, -0.15) is 5.26 Å². The number of rotatable bonds is 6. The molecule has 0 saturated heterocycles. The van der Waals surface area contributed by atoms with Crippen molar-refractivity contribution in [3.63, 3.8) is 0 Å². The number of nitriles is 1. The molecule has 3 nitrogen and oxygen atoms in total. The maximum Gasteiger partial charge on any atom is 0.192 e. The molecule has 0 aliphatic heterocycles. The smallest absolute Gasteiger partial charge is 0.192 e. The molecule has 0 rings (SSSR count). The molecule has 0 aliphatic rings. The third-order valence-electron chi connectivity index (χ3n) is 1.30. The van der Waals surface area contributed by atoms with Gasteiger partial charge >= 0.3 is 0 Å². The van der Waals surface area contributed by atoms with Crippen molar-refractivity contribution in [2.45, 2.75) is 32.6 Å². The maximum atomic E-state index is 8.05. The molecule has 0 saturated carbocycles. The second-order valence-corrected chi connectivity index (χ2v) is 2.22. The molecule has 0 fully saturated rings. The van der Waals surface area contributed by atoms with Gasteiger partial charge in [-0.05, 0) is 6.42 Å². The largest absolute Gasteiger partial charge is 0.258 e. The molecule has 2 N–H and O–H groups in total. The lowest BCUT2D eigenvalue weighted by Gasteiger charge is -1.99. The molecule has 0 aromatic heterocycles. The second kappa shape index (κ2) is 8.25. The number of hydrogen-bond acceptors (Lipinski definition) is 3. The summed E-state index contributed by atoms with van der Waals surface area (Å²) >= 11 is 0. The zero-order valence-electron chi connectivity index (χ0n) is 6.48. The van der Waals surface area contributed by atoms with Gasteiger partial charge in [0.15, 0.2) is 6.19 Å². The van der Waals surface area contributed by atoms with Crippen LogP contribution in [0.15, 0.2) is 0 Å². The van der Waals surface area contributed by atoms with Crippen LogP contribution in [0.5, 0.6) is 0 Å². The van der Waals surface area contributed by atoms with Gasteiger partial charge in [0.05, 0.1) is 0 Å². The minimum Gasteiger partial charge on any atom is -0.258 e. The van der Waals surface area contributed by atoms with Crippen LogP contribution in [-0.4, -0.2) is 6.54 Å². The van der Waals surface area contributed by atoms with Crippen LogP contribution < -0.4 is 10.9 Å². The van der Waals surface area contributed by atoms with Gasteiger partial charge in [-0.25, -0.2) is 5.43 Å². The Hall–Kier alpha value is -0.750. The van der Waals surface area contributed by atoms with Gasteiger partial charge in [0.25, 0.3) is 0 Å². The number of nitrogens with zero attached hydrogens (tertiary/aromatic N) is 1. The van der Waals surface area contributed by atoms with Crippen molar-refractivity contribution in [1.82, 2.24) is 10.9 Å². The summed E-state index contributed by atoms with van der Waals surface area (Å²) in [5.41, 5.74) is 5.16. The van der Waals surface area contributed by atoms with E-state index in [1.165, 1.54) is 19.3 Å². The van der Waals surface area contributed by atoms with E-state index in [4.69, 9.17) is 5.26 Å². The van der Waals surface area contributed by atoms with Gasteiger partial charge in [-0.15, -0.1) is 0 Å². The van der Waals surface area contributed by atoms with E-state index in [0.717, 1.165) is 13.0 Å². The molecule has 10 heavy (non-hydrogen) atoms. The fourth-order valence-corrected chi connectivity index (χ4v) is 0.742. The quantitative estimate of drug-likeness (QED) is 0.252. The molecule has 0 aromatic rings. The van der Waals surface area contributed by atoms with E-state index >= 15 is 0 Å². The van der Waals surface area contributed by atoms with Crippen molar-refractivity contribution < 1.29 is 0 Å². The highest BCUT2D eigenvalue weighted by atomic mass is 15.3. The summed E-state index contributed by atoms with van der Waals surface area (Å²) in [5.74, 6) is 0. The van der Waals surface area contributed by atoms with Crippen LogP contribution in [-0.2, 0) is 0 Å². The maximum absolute atomic E-state index is 8.05. The number of hydrogen-bond donors (Lipinski definition) is 2. The van der Waals surface area contributed by atoms with Crippen LogP contribution in [0.1, 0.15) is 32.6 Å². The predicted octanol–water partition coefficient (Wildman–Crippen LogP) is 1.14. The first-order valence-electron chi connectivity index (χ1n) is 3.78. The molecule has 0 heterocycles. The lowest BCUT2D eigenvalue weighted by Crippen LogP contribution is -2.27. The molecule has 0 aromatic carbocycles. The third-order valence-corrected chi connectivity index (χ3v) is 1.30. The molecule has 0 radical (unpaired) electrons. The minimum atomic E-state index is 0.883. The number of hydrazine groups is 1. The van der Waals surface area contributed by atoms with Gasteiger partial charge in [-0.3, -0.25) is 5.43 Å². The average Bonchev–Trinajstić information content (AvgIpc) is 1.97. The standard InChI is InChI=1S/C7H15N3/c1-2-3-4-5-6-9-10-7-8/h9-10H,2-6H2,1H3. The minimum absolute atomic E-state index is 0.883. The van der Waals surface area contributed by atoms with E-state index in [0.29, 0.717) is 0 Å². The Balaban J connectivity index is 2.72. The van der Waals surface area contributed by atoms with E-state index in [9.17, 15) is 0 Å². The van der Waals surface area contributed by atoms with Crippen molar-refractivity contribution in [2.24, 2.45) is 0 Å². The summed E-state index contributed by atoms with van der Waals surface area (Å²) in [6.07, 6.45) is 6.73. The van der Waals surface area contributed by atoms with Crippen LogP contribution in [0.4, 0.5) is 0 Å². The molecule has 0 unspecified atom stereocenters. The highest BCUT2D eigenvalue weighted by Gasteiger charge is 1.85. The summed E-state index contributed by atoms with van der Waals surface area (Å²) in [6, 6.07) is 0. The van der Waals surface area contributed by atoms with Gasteiger partial charge in [0.1, 0.15) is 0 Å². The first-order valence-corrected chi connectivity index (χ1v) is 3.78. The third kappa shape index (κ3) is 7.25. The van der Waals surface area contributed by atoms with Crippen molar-refractivity contribution in [1.29, 1.82) is 5.26 Å². The first-order chi connectivity index (χ1) is 4.91. The molecule has 0 aliphatic carbocycles. The SMILES string of the molecule is CCCCCCNNC#N. The van der Waals surface area contributed by atoms with Crippen molar-refractivity contribution >= 4 is 0 Å². The van der Waals surface area contributed by atoms with Gasteiger partial charge in [0, 0.05) is 6.54 Å². The first kappa shape index (κ1) is 9.25. The highest BCUT2D eigenvalue weighted by molar-refractivity contribution is 4.58. The monoisotopic (exact) mass is 141 g/mol.